The predicted molar refractivity (Wildman–Crippen MR) is 97.7 cm³/mol. The number of piperidine rings is 1. The van der Waals surface area contributed by atoms with Crippen LogP contribution in [-0.4, -0.2) is 27.8 Å². The van der Waals surface area contributed by atoms with E-state index in [0.717, 1.165) is 37.9 Å². The molecule has 0 aromatic heterocycles. The molecule has 1 atom stereocenters. The molecule has 0 spiro atoms. The van der Waals surface area contributed by atoms with Crippen LogP contribution in [0.5, 0.6) is 0 Å². The zero-order valence-electron chi connectivity index (χ0n) is 14.7. The van der Waals surface area contributed by atoms with Gasteiger partial charge in [-0.2, -0.15) is 15.8 Å². The fourth-order valence-corrected chi connectivity index (χ4v) is 3.80. The molecular weight excluding hydrogens is 350 g/mol. The molecule has 8 heteroatoms. The number of hydrogen-bond acceptors (Lipinski definition) is 7. The maximum absolute atomic E-state index is 12.1. The first-order valence-corrected chi connectivity index (χ1v) is 10.00. The highest BCUT2D eigenvalue weighted by Crippen LogP contribution is 2.31. The van der Waals surface area contributed by atoms with Crippen molar-refractivity contribution < 1.29 is 8.42 Å². The topological polar surface area (TPSA) is 121 Å². The molecule has 7 nitrogen and oxygen atoms in total. The molecule has 134 valence electrons. The Morgan fingerprint density at radius 2 is 1.92 bits per heavy atom. The van der Waals surface area contributed by atoms with Gasteiger partial charge in [-0.15, -0.1) is 0 Å². The number of hydrogen-bond donors (Lipinski definition) is 1. The van der Waals surface area contributed by atoms with Crippen LogP contribution in [0.15, 0.2) is 34.4 Å². The largest absolute Gasteiger partial charge is 0.371 e. The normalized spacial score (nSPS) is 16.7. The third kappa shape index (κ3) is 4.33. The van der Waals surface area contributed by atoms with Crippen molar-refractivity contribution in [3.05, 3.63) is 29.5 Å². The molecule has 1 aromatic rings. The number of rotatable bonds is 4. The second kappa shape index (κ2) is 7.91. The quantitative estimate of drug-likeness (QED) is 0.809. The summed E-state index contributed by atoms with van der Waals surface area (Å²) < 4.78 is 24.2. The molecule has 2 rings (SSSR count). The van der Waals surface area contributed by atoms with E-state index in [4.69, 9.17) is 10.5 Å². The Morgan fingerprint density at radius 1 is 1.23 bits per heavy atom. The van der Waals surface area contributed by atoms with Crippen LogP contribution in [0.25, 0.3) is 0 Å². The van der Waals surface area contributed by atoms with Crippen LogP contribution >= 0.6 is 0 Å². The van der Waals surface area contributed by atoms with E-state index in [1.54, 1.807) is 30.3 Å². The molecular formula is C18H19N5O2S. The number of nitrogens with zero attached hydrogens (tertiary/aromatic N) is 4. The molecule has 1 fully saturated rings. The van der Waals surface area contributed by atoms with Gasteiger partial charge in [-0.25, -0.2) is 8.42 Å². The van der Waals surface area contributed by atoms with Crippen molar-refractivity contribution in [1.29, 1.82) is 15.8 Å². The molecule has 0 amide bonds. The molecule has 26 heavy (non-hydrogen) atoms. The van der Waals surface area contributed by atoms with Gasteiger partial charge in [-0.05, 0) is 37.0 Å². The lowest BCUT2D eigenvalue weighted by atomic mass is 10.00. The molecule has 1 saturated heterocycles. The highest BCUT2D eigenvalue weighted by atomic mass is 32.2. The van der Waals surface area contributed by atoms with E-state index in [-0.39, 0.29) is 16.3 Å². The van der Waals surface area contributed by atoms with E-state index in [2.05, 4.69) is 17.1 Å². The first kappa shape index (κ1) is 19.3. The lowest BCUT2D eigenvalue weighted by Crippen LogP contribution is -2.34. The van der Waals surface area contributed by atoms with Crippen LogP contribution < -0.4 is 10.2 Å². The second-order valence-electron chi connectivity index (χ2n) is 6.36. The van der Waals surface area contributed by atoms with Crippen molar-refractivity contribution in [1.82, 2.24) is 0 Å². The van der Waals surface area contributed by atoms with Gasteiger partial charge in [-0.1, -0.05) is 6.92 Å². The van der Waals surface area contributed by atoms with Gasteiger partial charge in [0.2, 0.25) is 0 Å². The van der Waals surface area contributed by atoms with Crippen LogP contribution in [0, 0.1) is 39.9 Å². The van der Waals surface area contributed by atoms with E-state index in [1.807, 2.05) is 0 Å². The van der Waals surface area contributed by atoms with E-state index < -0.39 is 15.4 Å². The summed E-state index contributed by atoms with van der Waals surface area (Å²) in [6.07, 6.45) is 3.27. The van der Waals surface area contributed by atoms with Crippen molar-refractivity contribution in [3.63, 3.8) is 0 Å². The zero-order valence-corrected chi connectivity index (χ0v) is 15.5. The number of nitriles is 3. The van der Waals surface area contributed by atoms with Gasteiger partial charge in [0.25, 0.3) is 0 Å². The van der Waals surface area contributed by atoms with Gasteiger partial charge in [0.05, 0.1) is 10.6 Å². The summed E-state index contributed by atoms with van der Waals surface area (Å²) in [4.78, 5) is 2.17. The minimum Gasteiger partial charge on any atom is -0.371 e. The monoisotopic (exact) mass is 369 g/mol. The second-order valence-corrected chi connectivity index (χ2v) is 8.34. The first-order valence-electron chi connectivity index (χ1n) is 8.10. The molecule has 0 aliphatic carbocycles. The lowest BCUT2D eigenvalue weighted by Gasteiger charge is -2.33. The molecule has 1 aromatic carbocycles. The molecule has 0 radical (unpaired) electrons. The Hall–Kier alpha value is -3.02. The highest BCUT2D eigenvalue weighted by Gasteiger charge is 2.21. The van der Waals surface area contributed by atoms with E-state index in [0.29, 0.717) is 5.92 Å². The van der Waals surface area contributed by atoms with Crippen LogP contribution in [0.1, 0.15) is 19.8 Å². The third-order valence-corrected chi connectivity index (χ3v) is 5.38. The van der Waals surface area contributed by atoms with Gasteiger partial charge >= 0.3 is 0 Å². The number of allylic oxidation sites excluding steroid dienone is 2. The minimum atomic E-state index is -3.56. The fourth-order valence-electron chi connectivity index (χ4n) is 2.98. The van der Waals surface area contributed by atoms with E-state index in [1.165, 1.54) is 6.07 Å². The van der Waals surface area contributed by atoms with Crippen molar-refractivity contribution in [2.24, 2.45) is 5.92 Å². The smallest absolute Gasteiger partial charge is 0.177 e. The van der Waals surface area contributed by atoms with Crippen molar-refractivity contribution in [2.75, 3.05) is 29.6 Å². The molecule has 1 N–H and O–H groups in total. The standard InChI is InChI=1S/C18H19N5O2S/c1-13-4-3-7-23(12-13)15-5-6-18(26(2,24)25)16(8-15)22-17(11-21)14(9-19)10-20/h5-6,8,13,22H,3-4,7,12H2,1-2H3. The van der Waals surface area contributed by atoms with Gasteiger partial charge in [-0.3, -0.25) is 0 Å². The average Bonchev–Trinajstić information content (AvgIpc) is 2.60. The minimum absolute atomic E-state index is 0.00860. The first-order chi connectivity index (χ1) is 12.3. The number of nitrogens with one attached hydrogen (secondary N) is 1. The van der Waals surface area contributed by atoms with Crippen molar-refractivity contribution in [2.45, 2.75) is 24.7 Å². The third-order valence-electron chi connectivity index (χ3n) is 4.23. The Labute approximate surface area is 153 Å². The number of anilines is 2. The highest BCUT2D eigenvalue weighted by molar-refractivity contribution is 7.90. The van der Waals surface area contributed by atoms with E-state index >= 15 is 0 Å². The van der Waals surface area contributed by atoms with Gasteiger partial charge < -0.3 is 10.2 Å². The lowest BCUT2D eigenvalue weighted by molar-refractivity contribution is 0.447. The Kier molecular flexibility index (Phi) is 5.87. The summed E-state index contributed by atoms with van der Waals surface area (Å²) in [5.74, 6) is 0.535. The molecule has 1 aliphatic rings. The predicted octanol–water partition coefficient (Wildman–Crippen LogP) is 2.56. The van der Waals surface area contributed by atoms with Crippen LogP contribution in [-0.2, 0) is 9.84 Å². The molecule has 0 saturated carbocycles. The molecule has 1 aliphatic heterocycles. The summed E-state index contributed by atoms with van der Waals surface area (Å²) in [7, 11) is -3.56. The molecule has 1 unspecified atom stereocenters. The van der Waals surface area contributed by atoms with Gasteiger partial charge in [0, 0.05) is 25.0 Å². The summed E-state index contributed by atoms with van der Waals surface area (Å²) in [5.41, 5.74) is 0.343. The van der Waals surface area contributed by atoms with Gasteiger partial charge in [0.1, 0.15) is 23.9 Å². The summed E-state index contributed by atoms with van der Waals surface area (Å²) in [5, 5.41) is 29.8. The molecule has 0 bridgehead atoms. The average molecular weight is 369 g/mol. The van der Waals surface area contributed by atoms with Gasteiger partial charge in [0.15, 0.2) is 15.4 Å². The van der Waals surface area contributed by atoms with Crippen LogP contribution in [0.4, 0.5) is 11.4 Å². The van der Waals surface area contributed by atoms with Crippen LogP contribution in [0.3, 0.4) is 0 Å². The molecule has 1 heterocycles. The number of benzene rings is 1. The number of sulfone groups is 1. The Balaban J connectivity index is 2.53. The van der Waals surface area contributed by atoms with Crippen molar-refractivity contribution in [3.8, 4) is 18.2 Å². The maximum atomic E-state index is 12.1. The van der Waals surface area contributed by atoms with E-state index in [9.17, 15) is 13.7 Å². The SMILES string of the molecule is CC1CCCN(c2ccc(S(C)(=O)=O)c(NC(C#N)=C(C#N)C#N)c2)C1. The van der Waals surface area contributed by atoms with Crippen LogP contribution in [0.2, 0.25) is 0 Å². The Morgan fingerprint density at radius 3 is 2.46 bits per heavy atom. The Bertz CT molecular complexity index is 945. The summed E-state index contributed by atoms with van der Waals surface area (Å²) in [6, 6.07) is 9.91. The fraction of sp³-hybridized carbons (Fsp3) is 0.389. The maximum Gasteiger partial charge on any atom is 0.177 e. The van der Waals surface area contributed by atoms with Crippen molar-refractivity contribution >= 4 is 21.2 Å². The summed E-state index contributed by atoms with van der Waals surface area (Å²) in [6.45, 7) is 3.89. The summed E-state index contributed by atoms with van der Waals surface area (Å²) >= 11 is 0. The zero-order chi connectivity index (χ0) is 19.3.